The maximum absolute atomic E-state index is 13.3. The van der Waals surface area contributed by atoms with Gasteiger partial charge in [-0.2, -0.15) is 0 Å². The number of ether oxygens (including phenoxy) is 2. The van der Waals surface area contributed by atoms with Crippen molar-refractivity contribution >= 4 is 23.5 Å². The molecule has 164 valence electrons. The van der Waals surface area contributed by atoms with E-state index in [4.69, 9.17) is 9.47 Å². The average Bonchev–Trinajstić information content (AvgIpc) is 2.93. The number of hydrogen-bond acceptors (Lipinski definition) is 6. The second-order valence-corrected chi connectivity index (χ2v) is 10.1. The van der Waals surface area contributed by atoms with Crippen LogP contribution in [0.15, 0.2) is 11.6 Å². The number of carbonyl (C=O) groups excluding carboxylic acids is 4. The number of Topliss-reactive ketones (excluding diaryl/α,β-unsaturated/α-hetero) is 1. The summed E-state index contributed by atoms with van der Waals surface area (Å²) in [4.78, 5) is 49.6. The third-order valence-corrected chi connectivity index (χ3v) is 8.51. The van der Waals surface area contributed by atoms with Gasteiger partial charge in [0.15, 0.2) is 17.7 Å². The SMILES string of the molecule is CCC(=O)O[C@H]1CC[C@@]2(C)C(=CC(=O)[C@@H]3[C@@H]2CC[C@]2(C)C(=O)[C@H](OC(C)=O)C[C@@H]32)C1. The Morgan fingerprint density at radius 2 is 1.77 bits per heavy atom. The minimum Gasteiger partial charge on any atom is -0.462 e. The molecule has 3 fully saturated rings. The van der Waals surface area contributed by atoms with Crippen molar-refractivity contribution in [1.82, 2.24) is 0 Å². The van der Waals surface area contributed by atoms with Crippen molar-refractivity contribution in [3.05, 3.63) is 11.6 Å². The first-order valence-corrected chi connectivity index (χ1v) is 11.3. The van der Waals surface area contributed by atoms with Gasteiger partial charge in [-0.25, -0.2) is 0 Å². The van der Waals surface area contributed by atoms with E-state index < -0.39 is 17.5 Å². The molecule has 7 atom stereocenters. The second-order valence-electron chi connectivity index (χ2n) is 10.1. The molecule has 0 radical (unpaired) electrons. The summed E-state index contributed by atoms with van der Waals surface area (Å²) in [6, 6.07) is 0. The third kappa shape index (κ3) is 3.14. The van der Waals surface area contributed by atoms with Gasteiger partial charge in [0, 0.05) is 31.1 Å². The van der Waals surface area contributed by atoms with Crippen LogP contribution < -0.4 is 0 Å². The molecule has 0 spiro atoms. The van der Waals surface area contributed by atoms with E-state index >= 15 is 0 Å². The Balaban J connectivity index is 1.62. The third-order valence-electron chi connectivity index (χ3n) is 8.51. The predicted molar refractivity (Wildman–Crippen MR) is 108 cm³/mol. The monoisotopic (exact) mass is 416 g/mol. The zero-order valence-corrected chi connectivity index (χ0v) is 18.4. The molecule has 0 unspecified atom stereocenters. The maximum Gasteiger partial charge on any atom is 0.305 e. The molecule has 0 bridgehead atoms. The van der Waals surface area contributed by atoms with Crippen molar-refractivity contribution in [2.75, 3.05) is 0 Å². The molecule has 4 rings (SSSR count). The van der Waals surface area contributed by atoms with Crippen molar-refractivity contribution in [2.24, 2.45) is 28.6 Å². The summed E-state index contributed by atoms with van der Waals surface area (Å²) in [6.07, 6.45) is 5.52. The fourth-order valence-corrected chi connectivity index (χ4v) is 6.82. The topological polar surface area (TPSA) is 86.7 Å². The number of rotatable bonds is 3. The Morgan fingerprint density at radius 1 is 1.07 bits per heavy atom. The number of ketones is 2. The van der Waals surface area contributed by atoms with Crippen molar-refractivity contribution in [3.63, 3.8) is 0 Å². The first-order chi connectivity index (χ1) is 14.1. The van der Waals surface area contributed by atoms with Gasteiger partial charge in [0.2, 0.25) is 0 Å². The van der Waals surface area contributed by atoms with E-state index in [1.165, 1.54) is 6.92 Å². The largest absolute Gasteiger partial charge is 0.462 e. The number of esters is 2. The van der Waals surface area contributed by atoms with Gasteiger partial charge in [0.1, 0.15) is 6.10 Å². The minimum atomic E-state index is -0.730. The van der Waals surface area contributed by atoms with Crippen LogP contribution >= 0.6 is 0 Å². The highest BCUT2D eigenvalue weighted by molar-refractivity contribution is 5.98. The fraction of sp³-hybridized carbons (Fsp3) is 0.750. The first kappa shape index (κ1) is 21.3. The average molecular weight is 417 g/mol. The van der Waals surface area contributed by atoms with E-state index in [1.807, 2.05) is 6.92 Å². The molecule has 0 aromatic carbocycles. The molecule has 30 heavy (non-hydrogen) atoms. The highest BCUT2D eigenvalue weighted by atomic mass is 16.5. The Kier molecular flexibility index (Phi) is 5.18. The van der Waals surface area contributed by atoms with Gasteiger partial charge in [0.05, 0.1) is 0 Å². The van der Waals surface area contributed by atoms with Crippen LogP contribution in [0.4, 0.5) is 0 Å². The van der Waals surface area contributed by atoms with E-state index in [0.717, 1.165) is 31.3 Å². The van der Waals surface area contributed by atoms with Crippen LogP contribution in [-0.2, 0) is 28.7 Å². The standard InChI is InChI=1S/C24H32O6/c1-5-20(27)30-15-6-8-23(3)14(10-15)11-18(26)21-16(23)7-9-24(4)17(21)12-19(22(24)28)29-13(2)25/h11,15-17,19,21H,5-10,12H2,1-4H3/t15-,16-,17-,19+,21+,23-,24-/m0/s1. The summed E-state index contributed by atoms with van der Waals surface area (Å²) in [5.74, 6) is -0.710. The van der Waals surface area contributed by atoms with Crippen LogP contribution in [0.1, 0.15) is 72.6 Å². The van der Waals surface area contributed by atoms with Crippen LogP contribution in [0.2, 0.25) is 0 Å². The lowest BCUT2D eigenvalue weighted by Gasteiger charge is -2.55. The van der Waals surface area contributed by atoms with Gasteiger partial charge in [0.25, 0.3) is 0 Å². The van der Waals surface area contributed by atoms with E-state index in [0.29, 0.717) is 19.3 Å². The molecule has 4 aliphatic carbocycles. The van der Waals surface area contributed by atoms with Gasteiger partial charge in [-0.3, -0.25) is 19.2 Å². The summed E-state index contributed by atoms with van der Waals surface area (Å²) >= 11 is 0. The smallest absolute Gasteiger partial charge is 0.305 e. The van der Waals surface area contributed by atoms with Gasteiger partial charge >= 0.3 is 11.9 Å². The lowest BCUT2D eigenvalue weighted by atomic mass is 9.48. The van der Waals surface area contributed by atoms with Crippen LogP contribution in [0.25, 0.3) is 0 Å². The molecule has 0 N–H and O–H groups in total. The fourth-order valence-electron chi connectivity index (χ4n) is 6.82. The summed E-state index contributed by atoms with van der Waals surface area (Å²) in [5.41, 5.74) is 0.378. The van der Waals surface area contributed by atoms with Crippen molar-refractivity contribution in [3.8, 4) is 0 Å². The molecular weight excluding hydrogens is 384 g/mol. The molecule has 0 heterocycles. The normalized spacial score (nSPS) is 42.5. The molecule has 0 amide bonds. The van der Waals surface area contributed by atoms with E-state index in [-0.39, 0.29) is 46.8 Å². The summed E-state index contributed by atoms with van der Waals surface area (Å²) in [7, 11) is 0. The van der Waals surface area contributed by atoms with Gasteiger partial charge in [-0.1, -0.05) is 26.3 Å². The summed E-state index contributed by atoms with van der Waals surface area (Å²) < 4.78 is 10.9. The molecular formula is C24H32O6. The van der Waals surface area contributed by atoms with Crippen molar-refractivity contribution < 1.29 is 28.7 Å². The lowest BCUT2D eigenvalue weighted by molar-refractivity contribution is -0.154. The van der Waals surface area contributed by atoms with Crippen LogP contribution in [0.5, 0.6) is 0 Å². The molecule has 0 aromatic heterocycles. The molecule has 3 saturated carbocycles. The zero-order chi connectivity index (χ0) is 21.8. The molecule has 6 nitrogen and oxygen atoms in total. The Morgan fingerprint density at radius 3 is 2.43 bits per heavy atom. The molecule has 0 aromatic rings. The van der Waals surface area contributed by atoms with E-state index in [2.05, 4.69) is 6.92 Å². The number of carbonyl (C=O) groups is 4. The first-order valence-electron chi connectivity index (χ1n) is 11.3. The van der Waals surface area contributed by atoms with Crippen molar-refractivity contribution in [2.45, 2.75) is 84.8 Å². The summed E-state index contributed by atoms with van der Waals surface area (Å²) in [6.45, 7) is 7.31. The van der Waals surface area contributed by atoms with Crippen LogP contribution in [0, 0.1) is 28.6 Å². The molecule has 0 saturated heterocycles. The van der Waals surface area contributed by atoms with Crippen molar-refractivity contribution in [1.29, 1.82) is 0 Å². The molecule has 4 aliphatic rings. The Labute approximate surface area is 177 Å². The van der Waals surface area contributed by atoms with Gasteiger partial charge in [-0.15, -0.1) is 0 Å². The quantitative estimate of drug-likeness (QED) is 0.654. The van der Waals surface area contributed by atoms with Crippen LogP contribution in [0.3, 0.4) is 0 Å². The van der Waals surface area contributed by atoms with Gasteiger partial charge < -0.3 is 9.47 Å². The number of fused-ring (bicyclic) bond motifs is 5. The van der Waals surface area contributed by atoms with E-state index in [1.54, 1.807) is 13.0 Å². The summed E-state index contributed by atoms with van der Waals surface area (Å²) in [5, 5.41) is 0. The number of allylic oxidation sites excluding steroid dienone is 1. The van der Waals surface area contributed by atoms with Gasteiger partial charge in [-0.05, 0) is 55.4 Å². The predicted octanol–water partition coefficient (Wildman–Crippen LogP) is 3.56. The highest BCUT2D eigenvalue weighted by Crippen LogP contribution is 2.63. The maximum atomic E-state index is 13.3. The molecule has 6 heteroatoms. The molecule has 0 aliphatic heterocycles. The second kappa shape index (κ2) is 7.31. The van der Waals surface area contributed by atoms with E-state index in [9.17, 15) is 19.2 Å². The minimum absolute atomic E-state index is 0.0240. The van der Waals surface area contributed by atoms with Crippen LogP contribution in [-0.4, -0.2) is 35.7 Å². The lowest BCUT2D eigenvalue weighted by Crippen LogP contribution is -2.53. The number of hydrogen-bond donors (Lipinski definition) is 0. The highest BCUT2D eigenvalue weighted by Gasteiger charge is 2.64. The Bertz CT molecular complexity index is 828. The zero-order valence-electron chi connectivity index (χ0n) is 18.4. The Hall–Kier alpha value is -1.98.